The van der Waals surface area contributed by atoms with Gasteiger partial charge in [0.1, 0.15) is 16.7 Å². The second-order valence-electron chi connectivity index (χ2n) is 6.54. The van der Waals surface area contributed by atoms with E-state index in [1.54, 1.807) is 36.8 Å². The van der Waals surface area contributed by atoms with Crippen molar-refractivity contribution in [3.05, 3.63) is 66.0 Å². The Labute approximate surface area is 183 Å². The molecule has 2 aromatic heterocycles. The zero-order valence-corrected chi connectivity index (χ0v) is 17.8. The van der Waals surface area contributed by atoms with Crippen LogP contribution in [0, 0.1) is 18.3 Å². The number of hydrogen-bond donors (Lipinski definition) is 1. The van der Waals surface area contributed by atoms with Gasteiger partial charge < -0.3 is 9.47 Å². The van der Waals surface area contributed by atoms with Crippen molar-refractivity contribution in [1.82, 2.24) is 9.97 Å². The SMILES string of the molecule is COc1cc(C=NNc2nc(C)nc3sc(-c4ccccc4)cc23)ccc1OCC#N. The van der Waals surface area contributed by atoms with E-state index in [-0.39, 0.29) is 6.61 Å². The number of nitriles is 1. The fraction of sp³-hybridized carbons (Fsp3) is 0.130. The average Bonchev–Trinajstić information content (AvgIpc) is 3.22. The molecule has 0 radical (unpaired) electrons. The van der Waals surface area contributed by atoms with Crippen LogP contribution in [0.3, 0.4) is 0 Å². The van der Waals surface area contributed by atoms with Gasteiger partial charge in [-0.2, -0.15) is 10.4 Å². The van der Waals surface area contributed by atoms with Gasteiger partial charge in [-0.15, -0.1) is 11.3 Å². The van der Waals surface area contributed by atoms with E-state index in [4.69, 9.17) is 14.7 Å². The lowest BCUT2D eigenvalue weighted by molar-refractivity contribution is 0.329. The zero-order valence-electron chi connectivity index (χ0n) is 17.0. The van der Waals surface area contributed by atoms with Crippen molar-refractivity contribution >= 4 is 33.6 Å². The molecule has 8 heteroatoms. The molecule has 0 saturated heterocycles. The van der Waals surface area contributed by atoms with Crippen molar-refractivity contribution in [1.29, 1.82) is 5.26 Å². The van der Waals surface area contributed by atoms with Gasteiger partial charge in [-0.3, -0.25) is 5.43 Å². The maximum atomic E-state index is 8.68. The predicted octanol–water partition coefficient (Wildman–Crippen LogP) is 5.02. The number of nitrogens with zero attached hydrogens (tertiary/aromatic N) is 4. The van der Waals surface area contributed by atoms with Gasteiger partial charge >= 0.3 is 0 Å². The molecule has 4 aromatic rings. The molecule has 0 bridgehead atoms. The number of rotatable bonds is 7. The first-order valence-corrected chi connectivity index (χ1v) is 10.3. The molecule has 0 saturated carbocycles. The topological polar surface area (TPSA) is 92.4 Å². The third-order valence-corrected chi connectivity index (χ3v) is 5.50. The van der Waals surface area contributed by atoms with Crippen LogP contribution in [0.4, 0.5) is 5.82 Å². The van der Waals surface area contributed by atoms with E-state index in [0.29, 0.717) is 23.1 Å². The first kappa shape index (κ1) is 20.3. The molecule has 0 aliphatic rings. The number of ether oxygens (including phenoxy) is 2. The van der Waals surface area contributed by atoms with E-state index >= 15 is 0 Å². The minimum absolute atomic E-state index is 0.0416. The minimum atomic E-state index is -0.0416. The van der Waals surface area contributed by atoms with Crippen LogP contribution < -0.4 is 14.9 Å². The van der Waals surface area contributed by atoms with Gasteiger partial charge in [0.05, 0.1) is 18.7 Å². The molecule has 31 heavy (non-hydrogen) atoms. The van der Waals surface area contributed by atoms with Crippen molar-refractivity contribution in [2.45, 2.75) is 6.92 Å². The van der Waals surface area contributed by atoms with Crippen LogP contribution in [0.25, 0.3) is 20.7 Å². The fourth-order valence-corrected chi connectivity index (χ4v) is 4.10. The number of hydrogen-bond acceptors (Lipinski definition) is 8. The van der Waals surface area contributed by atoms with E-state index in [1.807, 2.05) is 37.3 Å². The van der Waals surface area contributed by atoms with Crippen LogP contribution in [0.1, 0.15) is 11.4 Å². The average molecular weight is 430 g/mol. The van der Waals surface area contributed by atoms with Crippen LogP contribution >= 0.6 is 11.3 Å². The summed E-state index contributed by atoms with van der Waals surface area (Å²) in [5, 5.41) is 13.9. The summed E-state index contributed by atoms with van der Waals surface area (Å²) in [6, 6.07) is 19.6. The van der Waals surface area contributed by atoms with E-state index < -0.39 is 0 Å². The Kier molecular flexibility index (Phi) is 6.05. The Morgan fingerprint density at radius 1 is 1.13 bits per heavy atom. The van der Waals surface area contributed by atoms with Crippen LogP contribution in [-0.2, 0) is 0 Å². The molecular formula is C23H19N5O2S. The largest absolute Gasteiger partial charge is 0.493 e. The summed E-state index contributed by atoms with van der Waals surface area (Å²) in [6.45, 7) is 1.82. The highest BCUT2D eigenvalue weighted by atomic mass is 32.1. The molecule has 2 heterocycles. The molecule has 0 atom stereocenters. The third-order valence-electron chi connectivity index (χ3n) is 4.43. The molecule has 0 fully saturated rings. The van der Waals surface area contributed by atoms with Gasteiger partial charge in [-0.05, 0) is 42.3 Å². The number of anilines is 1. The molecule has 0 spiro atoms. The van der Waals surface area contributed by atoms with Crippen molar-refractivity contribution in [2.24, 2.45) is 5.10 Å². The van der Waals surface area contributed by atoms with Gasteiger partial charge in [0, 0.05) is 4.88 Å². The molecule has 4 rings (SSSR count). The number of nitrogens with one attached hydrogen (secondary N) is 1. The summed E-state index contributed by atoms with van der Waals surface area (Å²) in [5.41, 5.74) is 4.99. The lowest BCUT2D eigenvalue weighted by Gasteiger charge is -2.08. The van der Waals surface area contributed by atoms with Gasteiger partial charge in [0.15, 0.2) is 23.9 Å². The number of aryl methyl sites for hydroxylation is 1. The van der Waals surface area contributed by atoms with Gasteiger partial charge in [0.25, 0.3) is 0 Å². The standard InChI is InChI=1S/C23H19N5O2S/c1-15-26-22(18-13-21(31-23(18)27-15)17-6-4-3-5-7-17)28-25-14-16-8-9-19(30-11-10-24)20(12-16)29-2/h3-9,12-14H,11H2,1-2H3,(H,26,27,28). The van der Waals surface area contributed by atoms with Crippen molar-refractivity contribution in [2.75, 3.05) is 19.1 Å². The molecule has 7 nitrogen and oxygen atoms in total. The molecule has 0 amide bonds. The van der Waals surface area contributed by atoms with Gasteiger partial charge in [-0.25, -0.2) is 9.97 Å². The number of fused-ring (bicyclic) bond motifs is 1. The van der Waals surface area contributed by atoms with Crippen LogP contribution in [-0.4, -0.2) is 29.9 Å². The molecule has 154 valence electrons. The highest BCUT2D eigenvalue weighted by molar-refractivity contribution is 7.21. The smallest absolute Gasteiger partial charge is 0.174 e. The van der Waals surface area contributed by atoms with Crippen molar-refractivity contribution in [3.8, 4) is 28.0 Å². The summed E-state index contributed by atoms with van der Waals surface area (Å²) >= 11 is 1.63. The molecule has 2 aromatic carbocycles. The van der Waals surface area contributed by atoms with E-state index in [9.17, 15) is 0 Å². The van der Waals surface area contributed by atoms with Crippen LogP contribution in [0.5, 0.6) is 11.5 Å². The summed E-state index contributed by atoms with van der Waals surface area (Å²) in [6.07, 6.45) is 1.67. The first-order chi connectivity index (χ1) is 15.2. The van der Waals surface area contributed by atoms with E-state index in [1.165, 1.54) is 0 Å². The summed E-state index contributed by atoms with van der Waals surface area (Å²) in [4.78, 5) is 11.1. The fourth-order valence-electron chi connectivity index (χ4n) is 3.02. The van der Waals surface area contributed by atoms with E-state index in [0.717, 1.165) is 26.2 Å². The lowest BCUT2D eigenvalue weighted by atomic mass is 10.2. The molecule has 0 aliphatic heterocycles. The summed E-state index contributed by atoms with van der Waals surface area (Å²) < 4.78 is 10.7. The van der Waals surface area contributed by atoms with Crippen LogP contribution in [0.15, 0.2) is 59.7 Å². The number of methoxy groups -OCH3 is 1. The maximum absolute atomic E-state index is 8.68. The number of hydrazone groups is 1. The highest BCUT2D eigenvalue weighted by Gasteiger charge is 2.11. The van der Waals surface area contributed by atoms with Gasteiger partial charge in [-0.1, -0.05) is 30.3 Å². The lowest BCUT2D eigenvalue weighted by Crippen LogP contribution is -1.99. The first-order valence-electron chi connectivity index (χ1n) is 9.48. The zero-order chi connectivity index (χ0) is 21.6. The second kappa shape index (κ2) is 9.24. The number of aromatic nitrogens is 2. The Bertz CT molecular complexity index is 1280. The Balaban J connectivity index is 1.58. The molecule has 1 N–H and O–H groups in total. The van der Waals surface area contributed by atoms with Crippen LogP contribution in [0.2, 0.25) is 0 Å². The third kappa shape index (κ3) is 4.63. The second-order valence-corrected chi connectivity index (χ2v) is 7.57. The molecular weight excluding hydrogens is 410 g/mol. The molecule has 0 unspecified atom stereocenters. The Morgan fingerprint density at radius 2 is 1.97 bits per heavy atom. The molecule has 0 aliphatic carbocycles. The summed E-state index contributed by atoms with van der Waals surface area (Å²) in [7, 11) is 1.55. The predicted molar refractivity (Wildman–Crippen MR) is 123 cm³/mol. The Morgan fingerprint density at radius 3 is 2.74 bits per heavy atom. The normalized spacial score (nSPS) is 10.9. The van der Waals surface area contributed by atoms with E-state index in [2.05, 4.69) is 38.7 Å². The van der Waals surface area contributed by atoms with Gasteiger partial charge in [0.2, 0.25) is 0 Å². The maximum Gasteiger partial charge on any atom is 0.174 e. The minimum Gasteiger partial charge on any atom is -0.493 e. The van der Waals surface area contributed by atoms with Crippen molar-refractivity contribution < 1.29 is 9.47 Å². The highest BCUT2D eigenvalue weighted by Crippen LogP contribution is 2.35. The summed E-state index contributed by atoms with van der Waals surface area (Å²) in [5.74, 6) is 2.37. The van der Waals surface area contributed by atoms with Crippen molar-refractivity contribution in [3.63, 3.8) is 0 Å². The number of thiophene rings is 1. The quantitative estimate of drug-likeness (QED) is 0.327. The Hall–Kier alpha value is -3.96. The number of benzene rings is 2. The monoisotopic (exact) mass is 429 g/mol.